The van der Waals surface area contributed by atoms with Crippen molar-refractivity contribution in [3.8, 4) is 11.1 Å². The van der Waals surface area contributed by atoms with Gasteiger partial charge in [0, 0.05) is 15.6 Å². The van der Waals surface area contributed by atoms with Crippen molar-refractivity contribution in [3.05, 3.63) is 57.6 Å². The van der Waals surface area contributed by atoms with E-state index in [2.05, 4.69) is 15.9 Å². The van der Waals surface area contributed by atoms with E-state index < -0.39 is 46.5 Å². The van der Waals surface area contributed by atoms with Gasteiger partial charge in [-0.2, -0.15) is 39.5 Å². The van der Waals surface area contributed by atoms with Gasteiger partial charge < -0.3 is 0 Å². The van der Waals surface area contributed by atoms with Crippen LogP contribution in [0.2, 0.25) is 0 Å². The van der Waals surface area contributed by atoms with Crippen molar-refractivity contribution in [2.45, 2.75) is 37.5 Å². The molecule has 0 N–H and O–H groups in total. The predicted molar refractivity (Wildman–Crippen MR) is 88.9 cm³/mol. The second-order valence-corrected chi connectivity index (χ2v) is 6.94. The Morgan fingerprint density at radius 1 is 0.759 bits per heavy atom. The van der Waals surface area contributed by atoms with E-state index in [-0.39, 0.29) is 16.5 Å². The van der Waals surface area contributed by atoms with Crippen LogP contribution in [0.25, 0.3) is 11.1 Å². The zero-order valence-corrected chi connectivity index (χ0v) is 15.9. The molecule has 2 rings (SSSR count). The van der Waals surface area contributed by atoms with Crippen LogP contribution in [0, 0.1) is 0 Å². The SMILES string of the molecule is CCc1cc(Br)c(-c2ccc(C(F)(F)F)cc2)c(C(F)(C(F)(F)F)C(F)(F)F)c1. The van der Waals surface area contributed by atoms with Crippen molar-refractivity contribution in [1.29, 1.82) is 0 Å². The van der Waals surface area contributed by atoms with Gasteiger partial charge in [-0.3, -0.25) is 0 Å². The molecular formula is C18H11BrF10. The Labute approximate surface area is 166 Å². The van der Waals surface area contributed by atoms with Crippen LogP contribution in [0.1, 0.15) is 23.6 Å². The molecule has 0 aromatic heterocycles. The minimum Gasteiger partial charge on any atom is -0.218 e. The van der Waals surface area contributed by atoms with Crippen molar-refractivity contribution in [2.24, 2.45) is 0 Å². The number of rotatable bonds is 3. The molecule has 0 unspecified atom stereocenters. The molecule has 0 aliphatic heterocycles. The quantitative estimate of drug-likeness (QED) is 0.378. The van der Waals surface area contributed by atoms with Gasteiger partial charge in [0.25, 0.3) is 0 Å². The van der Waals surface area contributed by atoms with E-state index in [9.17, 15) is 43.9 Å². The molecule has 0 atom stereocenters. The molecule has 0 bridgehead atoms. The Balaban J connectivity index is 2.88. The Hall–Kier alpha value is -1.78. The van der Waals surface area contributed by atoms with Crippen molar-refractivity contribution >= 4 is 15.9 Å². The van der Waals surface area contributed by atoms with Crippen LogP contribution in [-0.2, 0) is 18.3 Å². The fraction of sp³-hybridized carbons (Fsp3) is 0.333. The highest BCUT2D eigenvalue weighted by Crippen LogP contribution is 2.56. The van der Waals surface area contributed by atoms with Gasteiger partial charge in [-0.05, 0) is 35.7 Å². The van der Waals surface area contributed by atoms with Gasteiger partial charge in [0.15, 0.2) is 0 Å². The molecule has 0 amide bonds. The van der Waals surface area contributed by atoms with Crippen molar-refractivity contribution in [2.75, 3.05) is 0 Å². The lowest BCUT2D eigenvalue weighted by molar-refractivity contribution is -0.348. The summed E-state index contributed by atoms with van der Waals surface area (Å²) in [4.78, 5) is 0. The lowest BCUT2D eigenvalue weighted by Gasteiger charge is -2.32. The van der Waals surface area contributed by atoms with Gasteiger partial charge in [0.1, 0.15) is 0 Å². The van der Waals surface area contributed by atoms with Crippen molar-refractivity contribution < 1.29 is 43.9 Å². The van der Waals surface area contributed by atoms with Crippen molar-refractivity contribution in [3.63, 3.8) is 0 Å². The number of aryl methyl sites for hydroxylation is 1. The molecule has 0 aliphatic carbocycles. The molecule has 0 saturated heterocycles. The normalized spacial score (nSPS) is 13.7. The number of hydrogen-bond acceptors (Lipinski definition) is 0. The first-order valence-corrected chi connectivity index (χ1v) is 8.66. The smallest absolute Gasteiger partial charge is 0.218 e. The van der Waals surface area contributed by atoms with Crippen molar-refractivity contribution in [1.82, 2.24) is 0 Å². The summed E-state index contributed by atoms with van der Waals surface area (Å²) in [6.45, 7) is 1.43. The second-order valence-electron chi connectivity index (χ2n) is 6.08. The summed E-state index contributed by atoms with van der Waals surface area (Å²) in [6.07, 6.45) is -17.5. The molecular weight excluding hydrogens is 486 g/mol. The third kappa shape index (κ3) is 4.24. The molecule has 160 valence electrons. The fourth-order valence-corrected chi connectivity index (χ4v) is 3.46. The Morgan fingerprint density at radius 3 is 1.62 bits per heavy atom. The first-order chi connectivity index (χ1) is 13.0. The van der Waals surface area contributed by atoms with Gasteiger partial charge >= 0.3 is 24.2 Å². The van der Waals surface area contributed by atoms with E-state index in [1.807, 2.05) is 0 Å². The number of halogens is 11. The summed E-state index contributed by atoms with van der Waals surface area (Å²) in [5.41, 5.74) is -9.96. The lowest BCUT2D eigenvalue weighted by atomic mass is 9.85. The van der Waals surface area contributed by atoms with Gasteiger partial charge in [0.2, 0.25) is 0 Å². The van der Waals surface area contributed by atoms with E-state index in [1.54, 1.807) is 0 Å². The largest absolute Gasteiger partial charge is 0.435 e. The van der Waals surface area contributed by atoms with E-state index in [4.69, 9.17) is 0 Å². The van der Waals surface area contributed by atoms with E-state index in [0.717, 1.165) is 0 Å². The van der Waals surface area contributed by atoms with Crippen LogP contribution in [0.4, 0.5) is 43.9 Å². The number of hydrogen-bond donors (Lipinski definition) is 0. The fourth-order valence-electron chi connectivity index (χ4n) is 2.72. The van der Waals surface area contributed by atoms with E-state index in [0.29, 0.717) is 30.3 Å². The van der Waals surface area contributed by atoms with Crippen LogP contribution >= 0.6 is 15.9 Å². The highest BCUT2D eigenvalue weighted by molar-refractivity contribution is 9.10. The number of alkyl halides is 10. The van der Waals surface area contributed by atoms with Crippen LogP contribution in [0.3, 0.4) is 0 Å². The zero-order chi connectivity index (χ0) is 22.4. The Bertz CT molecular complexity index is 862. The van der Waals surface area contributed by atoms with Crippen LogP contribution < -0.4 is 0 Å². The van der Waals surface area contributed by atoms with Crippen LogP contribution in [-0.4, -0.2) is 12.4 Å². The maximum Gasteiger partial charge on any atom is 0.435 e. The lowest BCUT2D eigenvalue weighted by Crippen LogP contribution is -2.50. The van der Waals surface area contributed by atoms with Gasteiger partial charge in [-0.25, -0.2) is 4.39 Å². The third-order valence-corrected chi connectivity index (χ3v) is 4.84. The third-order valence-electron chi connectivity index (χ3n) is 4.21. The number of benzene rings is 2. The standard InChI is InChI=1S/C18H11BrF10/c1-2-9-7-12(15(20,17(24,25)26)18(27,28)29)14(13(19)8-9)10-3-5-11(6-4-10)16(21,22)23/h3-8H,2H2,1H3. The highest BCUT2D eigenvalue weighted by Gasteiger charge is 2.74. The average molecular weight is 497 g/mol. The maximum atomic E-state index is 14.8. The molecule has 0 spiro atoms. The van der Waals surface area contributed by atoms with Gasteiger partial charge in [-0.15, -0.1) is 0 Å². The van der Waals surface area contributed by atoms with Crippen LogP contribution in [0.5, 0.6) is 0 Å². The Kier molecular flexibility index (Phi) is 6.06. The molecule has 29 heavy (non-hydrogen) atoms. The summed E-state index contributed by atoms with van der Waals surface area (Å²) in [6, 6.07) is 3.96. The molecule has 0 aliphatic rings. The molecule has 0 heterocycles. The molecule has 0 fully saturated rings. The molecule has 2 aromatic rings. The first-order valence-electron chi connectivity index (χ1n) is 7.87. The average Bonchev–Trinajstić information content (AvgIpc) is 2.57. The molecule has 0 nitrogen and oxygen atoms in total. The topological polar surface area (TPSA) is 0 Å². The van der Waals surface area contributed by atoms with Crippen LogP contribution in [0.15, 0.2) is 40.9 Å². The van der Waals surface area contributed by atoms with Gasteiger partial charge in [-0.1, -0.05) is 41.1 Å². The second kappa shape index (κ2) is 7.48. The summed E-state index contributed by atoms with van der Waals surface area (Å²) < 4.78 is 132. The summed E-state index contributed by atoms with van der Waals surface area (Å²) in [5, 5.41) is 0. The molecule has 0 radical (unpaired) electrons. The molecule has 0 saturated carbocycles. The predicted octanol–water partition coefficient (Wildman–Crippen LogP) is 7.99. The summed E-state index contributed by atoms with van der Waals surface area (Å²) >= 11 is 2.84. The zero-order valence-electron chi connectivity index (χ0n) is 14.3. The maximum absolute atomic E-state index is 14.8. The Morgan fingerprint density at radius 2 is 1.24 bits per heavy atom. The molecule has 11 heteroatoms. The highest BCUT2D eigenvalue weighted by atomic mass is 79.9. The molecule has 2 aromatic carbocycles. The summed E-state index contributed by atoms with van der Waals surface area (Å²) in [7, 11) is 0. The van der Waals surface area contributed by atoms with Gasteiger partial charge in [0.05, 0.1) is 5.56 Å². The summed E-state index contributed by atoms with van der Waals surface area (Å²) in [5.74, 6) is 0. The minimum absolute atomic E-state index is 0.00924. The first kappa shape index (κ1) is 23.5. The minimum atomic E-state index is -6.36. The van der Waals surface area contributed by atoms with E-state index in [1.165, 1.54) is 13.0 Å². The van der Waals surface area contributed by atoms with E-state index >= 15 is 0 Å². The monoisotopic (exact) mass is 496 g/mol.